The van der Waals surface area contributed by atoms with Crippen LogP contribution in [0.25, 0.3) is 0 Å². The van der Waals surface area contributed by atoms with Crippen molar-refractivity contribution in [1.82, 2.24) is 4.90 Å². The second kappa shape index (κ2) is 5.80. The lowest BCUT2D eigenvalue weighted by Gasteiger charge is -2.34. The molecular weight excluding hydrogens is 289 g/mol. The SMILES string of the molecule is CCN(C(=O)c1ccc(Cl)cc1Cl)C(C)(C)C(=O)O. The van der Waals surface area contributed by atoms with Gasteiger partial charge in [0.2, 0.25) is 0 Å². The van der Waals surface area contributed by atoms with E-state index >= 15 is 0 Å². The molecule has 0 aliphatic heterocycles. The standard InChI is InChI=1S/C13H15Cl2NO3/c1-4-16(13(2,3)12(18)19)11(17)9-6-5-8(14)7-10(9)15/h5-7H,4H2,1-3H3,(H,18,19). The summed E-state index contributed by atoms with van der Waals surface area (Å²) in [7, 11) is 0. The molecule has 1 aromatic rings. The molecule has 0 saturated heterocycles. The number of nitrogens with zero attached hydrogens (tertiary/aromatic N) is 1. The van der Waals surface area contributed by atoms with E-state index in [9.17, 15) is 14.7 Å². The van der Waals surface area contributed by atoms with E-state index in [1.807, 2.05) is 0 Å². The van der Waals surface area contributed by atoms with Gasteiger partial charge in [-0.05, 0) is 39.0 Å². The highest BCUT2D eigenvalue weighted by Crippen LogP contribution is 2.25. The Labute approximate surface area is 121 Å². The van der Waals surface area contributed by atoms with Crippen LogP contribution in [0.15, 0.2) is 18.2 Å². The zero-order chi connectivity index (χ0) is 14.8. The number of halogens is 2. The average molecular weight is 304 g/mol. The molecule has 0 aromatic heterocycles. The molecule has 1 amide bonds. The Kier molecular flexibility index (Phi) is 4.82. The molecule has 19 heavy (non-hydrogen) atoms. The predicted molar refractivity (Wildman–Crippen MR) is 74.9 cm³/mol. The summed E-state index contributed by atoms with van der Waals surface area (Å²) >= 11 is 11.7. The molecule has 0 unspecified atom stereocenters. The largest absolute Gasteiger partial charge is 0.480 e. The maximum atomic E-state index is 12.4. The molecule has 104 valence electrons. The van der Waals surface area contributed by atoms with Crippen molar-refractivity contribution < 1.29 is 14.7 Å². The van der Waals surface area contributed by atoms with E-state index in [-0.39, 0.29) is 17.1 Å². The number of carboxylic acid groups (broad SMARTS) is 1. The Hall–Kier alpha value is -1.26. The van der Waals surface area contributed by atoms with Crippen LogP contribution in [-0.4, -0.2) is 34.0 Å². The number of amides is 1. The van der Waals surface area contributed by atoms with Gasteiger partial charge in [0.25, 0.3) is 5.91 Å². The number of benzene rings is 1. The number of carbonyl (C=O) groups excluding carboxylic acids is 1. The summed E-state index contributed by atoms with van der Waals surface area (Å²) in [6, 6.07) is 4.49. The predicted octanol–water partition coefficient (Wildman–Crippen LogP) is 3.32. The van der Waals surface area contributed by atoms with Crippen molar-refractivity contribution in [2.45, 2.75) is 26.3 Å². The van der Waals surface area contributed by atoms with Gasteiger partial charge < -0.3 is 10.0 Å². The van der Waals surface area contributed by atoms with Crippen LogP contribution in [0.5, 0.6) is 0 Å². The first kappa shape index (κ1) is 15.8. The molecule has 1 N–H and O–H groups in total. The van der Waals surface area contributed by atoms with Gasteiger partial charge in [-0.25, -0.2) is 4.79 Å². The molecule has 0 heterocycles. The molecule has 0 spiro atoms. The summed E-state index contributed by atoms with van der Waals surface area (Å²) in [5.74, 6) is -1.51. The van der Waals surface area contributed by atoms with Crippen LogP contribution >= 0.6 is 23.2 Å². The molecule has 4 nitrogen and oxygen atoms in total. The molecule has 0 bridgehead atoms. The van der Waals surface area contributed by atoms with Crippen molar-refractivity contribution >= 4 is 35.1 Å². The number of hydrogen-bond donors (Lipinski definition) is 1. The topological polar surface area (TPSA) is 57.6 Å². The van der Waals surface area contributed by atoms with Crippen molar-refractivity contribution in [3.63, 3.8) is 0 Å². The van der Waals surface area contributed by atoms with Crippen LogP contribution in [0.1, 0.15) is 31.1 Å². The van der Waals surface area contributed by atoms with E-state index in [4.69, 9.17) is 23.2 Å². The Bertz CT molecular complexity index is 515. The van der Waals surface area contributed by atoms with Crippen LogP contribution < -0.4 is 0 Å². The minimum absolute atomic E-state index is 0.206. The first-order valence-electron chi connectivity index (χ1n) is 5.72. The molecule has 1 aromatic carbocycles. The number of carboxylic acids is 1. The first-order chi connectivity index (χ1) is 8.71. The summed E-state index contributed by atoms with van der Waals surface area (Å²) in [6.07, 6.45) is 0. The fourth-order valence-corrected chi connectivity index (χ4v) is 2.21. The fraction of sp³-hybridized carbons (Fsp3) is 0.385. The van der Waals surface area contributed by atoms with Gasteiger partial charge in [0.05, 0.1) is 10.6 Å². The van der Waals surface area contributed by atoms with Crippen LogP contribution in [0, 0.1) is 0 Å². The fourth-order valence-electron chi connectivity index (χ4n) is 1.72. The van der Waals surface area contributed by atoms with Crippen LogP contribution in [0.4, 0.5) is 0 Å². The lowest BCUT2D eigenvalue weighted by atomic mass is 10.0. The zero-order valence-corrected chi connectivity index (χ0v) is 12.4. The number of aliphatic carboxylic acids is 1. The van der Waals surface area contributed by atoms with Gasteiger partial charge >= 0.3 is 5.97 Å². The molecule has 0 saturated carbocycles. The van der Waals surface area contributed by atoms with Crippen LogP contribution in [0.2, 0.25) is 10.0 Å². The van der Waals surface area contributed by atoms with Crippen molar-refractivity contribution in [1.29, 1.82) is 0 Å². The maximum Gasteiger partial charge on any atom is 0.329 e. The molecule has 6 heteroatoms. The third-order valence-corrected chi connectivity index (χ3v) is 3.47. The monoisotopic (exact) mass is 303 g/mol. The second-order valence-electron chi connectivity index (χ2n) is 4.54. The van der Waals surface area contributed by atoms with E-state index < -0.39 is 17.4 Å². The average Bonchev–Trinajstić information content (AvgIpc) is 2.28. The first-order valence-corrected chi connectivity index (χ1v) is 6.47. The highest BCUT2D eigenvalue weighted by Gasteiger charge is 2.37. The zero-order valence-electron chi connectivity index (χ0n) is 10.9. The Balaban J connectivity index is 3.19. The quantitative estimate of drug-likeness (QED) is 0.928. The minimum atomic E-state index is -1.31. The normalized spacial score (nSPS) is 11.2. The lowest BCUT2D eigenvalue weighted by molar-refractivity contribution is -0.147. The molecule has 1 rings (SSSR count). The third-order valence-electron chi connectivity index (χ3n) is 2.92. The molecule has 0 fully saturated rings. The Morgan fingerprint density at radius 1 is 1.32 bits per heavy atom. The summed E-state index contributed by atoms with van der Waals surface area (Å²) < 4.78 is 0. The highest BCUT2D eigenvalue weighted by molar-refractivity contribution is 6.36. The highest BCUT2D eigenvalue weighted by atomic mass is 35.5. The van der Waals surface area contributed by atoms with E-state index in [0.29, 0.717) is 5.02 Å². The summed E-state index contributed by atoms with van der Waals surface area (Å²) in [4.78, 5) is 24.9. The number of rotatable bonds is 4. The molecule has 0 atom stereocenters. The molecule has 0 aliphatic rings. The van der Waals surface area contributed by atoms with E-state index in [1.165, 1.54) is 30.9 Å². The van der Waals surface area contributed by atoms with Crippen molar-refractivity contribution in [3.8, 4) is 0 Å². The minimum Gasteiger partial charge on any atom is -0.480 e. The third kappa shape index (κ3) is 3.19. The van der Waals surface area contributed by atoms with Crippen LogP contribution in [0.3, 0.4) is 0 Å². The molecule has 0 radical (unpaired) electrons. The number of likely N-dealkylation sites (N-methyl/N-ethyl adjacent to an activating group) is 1. The van der Waals surface area contributed by atoms with Crippen LogP contribution in [-0.2, 0) is 4.79 Å². The van der Waals surface area contributed by atoms with Crippen molar-refractivity contribution in [3.05, 3.63) is 33.8 Å². The van der Waals surface area contributed by atoms with Gasteiger partial charge in [0, 0.05) is 11.6 Å². The Morgan fingerprint density at radius 2 is 1.89 bits per heavy atom. The summed E-state index contributed by atoms with van der Waals surface area (Å²) in [6.45, 7) is 4.92. The maximum absolute atomic E-state index is 12.4. The van der Waals surface area contributed by atoms with Gasteiger partial charge in [-0.15, -0.1) is 0 Å². The number of hydrogen-bond acceptors (Lipinski definition) is 2. The van der Waals surface area contributed by atoms with Gasteiger partial charge in [0.1, 0.15) is 5.54 Å². The lowest BCUT2D eigenvalue weighted by Crippen LogP contribution is -2.52. The molecule has 0 aliphatic carbocycles. The van der Waals surface area contributed by atoms with E-state index in [0.717, 1.165) is 0 Å². The van der Waals surface area contributed by atoms with Gasteiger partial charge in [-0.1, -0.05) is 23.2 Å². The van der Waals surface area contributed by atoms with Crippen molar-refractivity contribution in [2.24, 2.45) is 0 Å². The smallest absolute Gasteiger partial charge is 0.329 e. The van der Waals surface area contributed by atoms with Gasteiger partial charge in [0.15, 0.2) is 0 Å². The van der Waals surface area contributed by atoms with Gasteiger partial charge in [-0.3, -0.25) is 4.79 Å². The molecular formula is C13H15Cl2NO3. The number of carbonyl (C=O) groups is 2. The van der Waals surface area contributed by atoms with Crippen molar-refractivity contribution in [2.75, 3.05) is 6.54 Å². The second-order valence-corrected chi connectivity index (χ2v) is 5.38. The van der Waals surface area contributed by atoms with Gasteiger partial charge in [-0.2, -0.15) is 0 Å². The van der Waals surface area contributed by atoms with E-state index in [1.54, 1.807) is 13.0 Å². The Morgan fingerprint density at radius 3 is 2.32 bits per heavy atom. The van der Waals surface area contributed by atoms with E-state index in [2.05, 4.69) is 0 Å². The summed E-state index contributed by atoms with van der Waals surface area (Å²) in [5.41, 5.74) is -1.07. The summed E-state index contributed by atoms with van der Waals surface area (Å²) in [5, 5.41) is 9.83.